The second-order valence-corrected chi connectivity index (χ2v) is 9.35. The molecule has 5 rings (SSSR count). The molecule has 2 aromatic carbocycles. The standard InChI is InChI=1S/C28H31N3O2/c1-18-15-31(24-13-11-23(12-14-24)30-16-19(2)33-20(3)17-30)28(32)26-6-4-5-25(27(18)26)21-7-9-22(29)10-8-21/h4,6-15,19-20,25H,5,16-17,29H2,1-3H3. The average Bonchev–Trinajstić information content (AvgIpc) is 2.81. The fraction of sp³-hybridized carbons (Fsp3) is 0.321. The second-order valence-electron chi connectivity index (χ2n) is 9.35. The lowest BCUT2D eigenvalue weighted by Crippen LogP contribution is -2.45. The number of morpholine rings is 1. The maximum atomic E-state index is 13.5. The summed E-state index contributed by atoms with van der Waals surface area (Å²) in [4.78, 5) is 15.9. The molecule has 0 amide bonds. The summed E-state index contributed by atoms with van der Waals surface area (Å²) in [7, 11) is 0. The van der Waals surface area contributed by atoms with Crippen LogP contribution in [0.4, 0.5) is 11.4 Å². The molecule has 0 saturated carbocycles. The summed E-state index contributed by atoms with van der Waals surface area (Å²) < 4.78 is 7.64. The van der Waals surface area contributed by atoms with Crippen LogP contribution in [0, 0.1) is 6.92 Å². The summed E-state index contributed by atoms with van der Waals surface area (Å²) in [5.74, 6) is 0.167. The van der Waals surface area contributed by atoms with Crippen molar-refractivity contribution < 1.29 is 4.74 Å². The minimum Gasteiger partial charge on any atom is -0.399 e. The van der Waals surface area contributed by atoms with Gasteiger partial charge in [-0.05, 0) is 80.3 Å². The Morgan fingerprint density at radius 3 is 2.24 bits per heavy atom. The van der Waals surface area contributed by atoms with Gasteiger partial charge in [0.25, 0.3) is 5.56 Å². The number of nitrogens with two attached hydrogens (primary N) is 1. The highest BCUT2D eigenvalue weighted by Gasteiger charge is 2.25. The van der Waals surface area contributed by atoms with Crippen molar-refractivity contribution in [1.29, 1.82) is 0 Å². The molecule has 170 valence electrons. The van der Waals surface area contributed by atoms with Gasteiger partial charge in [0, 0.05) is 47.8 Å². The molecule has 0 spiro atoms. The van der Waals surface area contributed by atoms with E-state index in [1.54, 1.807) is 4.57 Å². The molecule has 3 atom stereocenters. The summed E-state index contributed by atoms with van der Waals surface area (Å²) in [5.41, 5.74) is 12.9. The van der Waals surface area contributed by atoms with Crippen molar-refractivity contribution in [2.24, 2.45) is 0 Å². The van der Waals surface area contributed by atoms with E-state index in [9.17, 15) is 4.79 Å². The highest BCUT2D eigenvalue weighted by atomic mass is 16.5. The highest BCUT2D eigenvalue weighted by molar-refractivity contribution is 5.62. The Bertz CT molecular complexity index is 1230. The van der Waals surface area contributed by atoms with Gasteiger partial charge in [-0.3, -0.25) is 9.36 Å². The molecule has 5 nitrogen and oxygen atoms in total. The van der Waals surface area contributed by atoms with Crippen molar-refractivity contribution in [2.75, 3.05) is 23.7 Å². The van der Waals surface area contributed by atoms with Crippen molar-refractivity contribution in [2.45, 2.75) is 45.3 Å². The first-order chi connectivity index (χ1) is 15.9. The van der Waals surface area contributed by atoms with Crippen LogP contribution in [-0.4, -0.2) is 29.9 Å². The number of aryl methyl sites for hydroxylation is 1. The monoisotopic (exact) mass is 441 g/mol. The molecule has 1 aliphatic carbocycles. The van der Waals surface area contributed by atoms with E-state index in [-0.39, 0.29) is 23.7 Å². The Morgan fingerprint density at radius 1 is 0.939 bits per heavy atom. The van der Waals surface area contributed by atoms with Gasteiger partial charge in [0.1, 0.15) is 0 Å². The zero-order valence-corrected chi connectivity index (χ0v) is 19.5. The Balaban J connectivity index is 1.49. The summed E-state index contributed by atoms with van der Waals surface area (Å²) in [6, 6.07) is 16.3. The summed E-state index contributed by atoms with van der Waals surface area (Å²) in [5, 5.41) is 0. The lowest BCUT2D eigenvalue weighted by molar-refractivity contribution is -0.00521. The van der Waals surface area contributed by atoms with Crippen LogP contribution in [0.25, 0.3) is 11.8 Å². The van der Waals surface area contributed by atoms with E-state index in [0.29, 0.717) is 0 Å². The first kappa shape index (κ1) is 21.5. The van der Waals surface area contributed by atoms with Crippen LogP contribution >= 0.6 is 0 Å². The number of benzene rings is 2. The Hall–Kier alpha value is -3.31. The van der Waals surface area contributed by atoms with Crippen LogP contribution in [0.5, 0.6) is 0 Å². The minimum atomic E-state index is 0.0216. The number of rotatable bonds is 3. The van der Waals surface area contributed by atoms with E-state index in [2.05, 4.69) is 56.0 Å². The van der Waals surface area contributed by atoms with Gasteiger partial charge in [-0.25, -0.2) is 0 Å². The number of nitrogens with zero attached hydrogens (tertiary/aromatic N) is 2. The molecule has 5 heteroatoms. The third-order valence-electron chi connectivity index (χ3n) is 6.74. The van der Waals surface area contributed by atoms with Crippen LogP contribution in [-0.2, 0) is 4.74 Å². The van der Waals surface area contributed by atoms with E-state index in [4.69, 9.17) is 10.5 Å². The number of ether oxygens (including phenoxy) is 1. The number of hydrogen-bond donors (Lipinski definition) is 1. The fourth-order valence-corrected chi connectivity index (χ4v) is 5.28. The van der Waals surface area contributed by atoms with Gasteiger partial charge in [-0.2, -0.15) is 0 Å². The van der Waals surface area contributed by atoms with Crippen molar-refractivity contribution in [3.8, 4) is 5.69 Å². The van der Waals surface area contributed by atoms with Gasteiger partial charge >= 0.3 is 0 Å². The predicted octanol–water partition coefficient (Wildman–Crippen LogP) is 4.89. The molecule has 2 heterocycles. The SMILES string of the molecule is Cc1cn(-c2ccc(N3CC(C)OC(C)C3)cc2)c(=O)c2c1C(c1ccc(N)cc1)CC=C2. The van der Waals surface area contributed by atoms with Crippen LogP contribution in [0.3, 0.4) is 0 Å². The Morgan fingerprint density at radius 2 is 1.58 bits per heavy atom. The van der Waals surface area contributed by atoms with Crippen molar-refractivity contribution >= 4 is 17.5 Å². The van der Waals surface area contributed by atoms with Gasteiger partial charge in [0.05, 0.1) is 12.2 Å². The number of nitrogen functional groups attached to an aromatic ring is 1. The molecule has 3 aromatic rings. The Labute approximate surface area is 195 Å². The zero-order chi connectivity index (χ0) is 23.1. The molecule has 1 aromatic heterocycles. The lowest BCUT2D eigenvalue weighted by Gasteiger charge is -2.37. The van der Waals surface area contributed by atoms with Gasteiger partial charge in [0.15, 0.2) is 0 Å². The summed E-state index contributed by atoms with van der Waals surface area (Å²) in [6.45, 7) is 8.07. The van der Waals surface area contributed by atoms with Crippen LogP contribution in [0.1, 0.15) is 48.4 Å². The molecule has 33 heavy (non-hydrogen) atoms. The maximum Gasteiger partial charge on any atom is 0.262 e. The van der Waals surface area contributed by atoms with E-state index >= 15 is 0 Å². The van der Waals surface area contributed by atoms with Crippen LogP contribution in [0.2, 0.25) is 0 Å². The number of pyridine rings is 1. The number of allylic oxidation sites excluding steroid dienone is 1. The third-order valence-corrected chi connectivity index (χ3v) is 6.74. The van der Waals surface area contributed by atoms with Crippen LogP contribution < -0.4 is 16.2 Å². The predicted molar refractivity (Wildman–Crippen MR) is 135 cm³/mol. The molecule has 3 unspecified atom stereocenters. The van der Waals surface area contributed by atoms with Gasteiger partial charge < -0.3 is 15.4 Å². The molecule has 2 aliphatic rings. The minimum absolute atomic E-state index is 0.0216. The van der Waals surface area contributed by atoms with Crippen LogP contribution in [0.15, 0.2) is 65.6 Å². The quantitative estimate of drug-likeness (QED) is 0.588. The highest BCUT2D eigenvalue weighted by Crippen LogP contribution is 2.36. The topological polar surface area (TPSA) is 60.5 Å². The van der Waals surface area contributed by atoms with E-state index in [0.717, 1.165) is 53.3 Å². The fourth-order valence-electron chi connectivity index (χ4n) is 5.28. The molecule has 0 bridgehead atoms. The molecule has 2 N–H and O–H groups in total. The van der Waals surface area contributed by atoms with E-state index < -0.39 is 0 Å². The largest absolute Gasteiger partial charge is 0.399 e. The van der Waals surface area contributed by atoms with Gasteiger partial charge in [-0.1, -0.05) is 24.3 Å². The normalized spacial score (nSPS) is 22.3. The second kappa shape index (κ2) is 8.56. The molecular weight excluding hydrogens is 410 g/mol. The lowest BCUT2D eigenvalue weighted by atomic mass is 9.81. The van der Waals surface area contributed by atoms with Crippen molar-refractivity contribution in [3.63, 3.8) is 0 Å². The first-order valence-corrected chi connectivity index (χ1v) is 11.7. The summed E-state index contributed by atoms with van der Waals surface area (Å²) >= 11 is 0. The Kier molecular flexibility index (Phi) is 5.59. The molecule has 0 radical (unpaired) electrons. The molecule has 1 aliphatic heterocycles. The molecule has 1 saturated heterocycles. The number of hydrogen-bond acceptors (Lipinski definition) is 4. The maximum absolute atomic E-state index is 13.5. The van der Waals surface area contributed by atoms with Crippen molar-refractivity contribution in [3.05, 3.63) is 93.4 Å². The smallest absolute Gasteiger partial charge is 0.262 e. The molecular formula is C28H31N3O2. The van der Waals surface area contributed by atoms with Gasteiger partial charge in [-0.15, -0.1) is 0 Å². The molecule has 1 fully saturated rings. The average molecular weight is 442 g/mol. The zero-order valence-electron chi connectivity index (χ0n) is 19.5. The van der Waals surface area contributed by atoms with Crippen molar-refractivity contribution in [1.82, 2.24) is 4.57 Å². The first-order valence-electron chi connectivity index (χ1n) is 11.7. The summed E-state index contributed by atoms with van der Waals surface area (Å²) in [6.07, 6.45) is 7.38. The number of fused-ring (bicyclic) bond motifs is 1. The van der Waals surface area contributed by atoms with E-state index in [1.807, 2.05) is 36.5 Å². The number of aromatic nitrogens is 1. The van der Waals surface area contributed by atoms with E-state index in [1.165, 1.54) is 5.56 Å². The number of anilines is 2. The third kappa shape index (κ3) is 4.09. The van der Waals surface area contributed by atoms with Gasteiger partial charge in [0.2, 0.25) is 0 Å².